The summed E-state index contributed by atoms with van der Waals surface area (Å²) in [4.78, 5) is 4.94. The van der Waals surface area contributed by atoms with Gasteiger partial charge in [0.2, 0.25) is 0 Å². The lowest BCUT2D eigenvalue weighted by Gasteiger charge is -2.30. The van der Waals surface area contributed by atoms with Gasteiger partial charge in [-0.2, -0.15) is 0 Å². The molecule has 1 aliphatic heterocycles. The number of rotatable bonds is 15. The van der Waals surface area contributed by atoms with Crippen molar-refractivity contribution in [1.29, 1.82) is 0 Å². The van der Waals surface area contributed by atoms with Crippen LogP contribution in [0, 0.1) is 0 Å². The van der Waals surface area contributed by atoms with Gasteiger partial charge in [0.25, 0.3) is 0 Å². The van der Waals surface area contributed by atoms with Crippen molar-refractivity contribution in [2.45, 2.75) is 104 Å². The van der Waals surface area contributed by atoms with Crippen LogP contribution in [0.1, 0.15) is 96.5 Å². The molecule has 1 aromatic rings. The van der Waals surface area contributed by atoms with Gasteiger partial charge in [-0.05, 0) is 18.9 Å². The second-order valence-corrected chi connectivity index (χ2v) is 8.21. The van der Waals surface area contributed by atoms with E-state index in [1.54, 1.807) is 0 Å². The molecule has 0 fully saturated rings. The summed E-state index contributed by atoms with van der Waals surface area (Å²) in [5.74, 6) is 0. The van der Waals surface area contributed by atoms with Gasteiger partial charge in [-0.3, -0.25) is 0 Å². The van der Waals surface area contributed by atoms with E-state index in [1.165, 1.54) is 89.2 Å². The topological polar surface area (TPSA) is 6.48 Å². The molecule has 0 aliphatic carbocycles. The second kappa shape index (κ2) is 13.7. The molecule has 0 aromatic heterocycles. The molecule has 0 bridgehead atoms. The number of nitrogens with zero attached hydrogens (tertiary/aromatic N) is 2. The van der Waals surface area contributed by atoms with Crippen molar-refractivity contribution in [2.75, 3.05) is 6.54 Å². The first kappa shape index (κ1) is 21.9. The molecule has 0 N–H and O–H groups in total. The van der Waals surface area contributed by atoms with Gasteiger partial charge in [0.1, 0.15) is 0 Å². The van der Waals surface area contributed by atoms with E-state index in [1.807, 2.05) is 0 Å². The van der Waals surface area contributed by atoms with E-state index in [4.69, 9.17) is 0 Å². The van der Waals surface area contributed by atoms with Crippen LogP contribution in [0.3, 0.4) is 0 Å². The molecule has 27 heavy (non-hydrogen) atoms. The van der Waals surface area contributed by atoms with Crippen LogP contribution in [0.25, 0.3) is 0 Å². The Morgan fingerprint density at radius 2 is 1.19 bits per heavy atom. The summed E-state index contributed by atoms with van der Waals surface area (Å²) in [7, 11) is 0. The summed E-state index contributed by atoms with van der Waals surface area (Å²) < 4.78 is 0. The Labute approximate surface area is 168 Å². The molecule has 152 valence electrons. The molecular weight excluding hydrogens is 328 g/mol. The van der Waals surface area contributed by atoms with Crippen molar-refractivity contribution in [3.05, 3.63) is 48.3 Å². The van der Waals surface area contributed by atoms with E-state index in [0.717, 1.165) is 6.54 Å². The SMILES string of the molecule is CCCCCCCCCCCCCCN1C=CN(Cc2ccccc2)C1C. The van der Waals surface area contributed by atoms with Gasteiger partial charge in [0, 0.05) is 25.5 Å². The van der Waals surface area contributed by atoms with Crippen molar-refractivity contribution < 1.29 is 0 Å². The second-order valence-electron chi connectivity index (χ2n) is 8.21. The molecule has 0 saturated carbocycles. The fraction of sp³-hybridized carbons (Fsp3) is 0.680. The molecule has 1 heterocycles. The number of unbranched alkanes of at least 4 members (excludes halogenated alkanes) is 11. The van der Waals surface area contributed by atoms with Crippen molar-refractivity contribution in [1.82, 2.24) is 9.80 Å². The van der Waals surface area contributed by atoms with Crippen molar-refractivity contribution in [2.24, 2.45) is 0 Å². The number of hydrogen-bond acceptors (Lipinski definition) is 2. The van der Waals surface area contributed by atoms with Crippen LogP contribution in [-0.2, 0) is 6.54 Å². The van der Waals surface area contributed by atoms with Gasteiger partial charge < -0.3 is 9.80 Å². The van der Waals surface area contributed by atoms with Gasteiger partial charge in [0.05, 0.1) is 6.17 Å². The molecule has 0 saturated heterocycles. The lowest BCUT2D eigenvalue weighted by atomic mass is 10.1. The van der Waals surface area contributed by atoms with Crippen LogP contribution in [0.4, 0.5) is 0 Å². The maximum absolute atomic E-state index is 2.50. The third kappa shape index (κ3) is 8.86. The molecule has 1 aliphatic rings. The normalized spacial score (nSPS) is 16.4. The first-order valence-corrected chi connectivity index (χ1v) is 11.5. The summed E-state index contributed by atoms with van der Waals surface area (Å²) >= 11 is 0. The first-order valence-electron chi connectivity index (χ1n) is 11.5. The largest absolute Gasteiger partial charge is 0.356 e. The number of benzene rings is 1. The van der Waals surface area contributed by atoms with Gasteiger partial charge in [-0.25, -0.2) is 0 Å². The molecule has 1 unspecified atom stereocenters. The Hall–Kier alpha value is -1.44. The molecule has 2 rings (SSSR count). The summed E-state index contributed by atoms with van der Waals surface area (Å²) in [6.45, 7) is 6.82. The maximum Gasteiger partial charge on any atom is 0.0981 e. The minimum absolute atomic E-state index is 0.484. The van der Waals surface area contributed by atoms with E-state index in [-0.39, 0.29) is 0 Å². The van der Waals surface area contributed by atoms with E-state index < -0.39 is 0 Å². The Morgan fingerprint density at radius 1 is 0.667 bits per heavy atom. The molecule has 0 radical (unpaired) electrons. The monoisotopic (exact) mass is 370 g/mol. The van der Waals surface area contributed by atoms with Gasteiger partial charge in [-0.15, -0.1) is 0 Å². The predicted octanol–water partition coefficient (Wildman–Crippen LogP) is 7.32. The Balaban J connectivity index is 1.44. The zero-order valence-electron chi connectivity index (χ0n) is 17.9. The van der Waals surface area contributed by atoms with Crippen LogP contribution >= 0.6 is 0 Å². The van der Waals surface area contributed by atoms with Crippen LogP contribution in [0.5, 0.6) is 0 Å². The third-order valence-electron chi connectivity index (χ3n) is 5.89. The average molecular weight is 371 g/mol. The summed E-state index contributed by atoms with van der Waals surface area (Å²) in [6.07, 6.45) is 22.1. The lowest BCUT2D eigenvalue weighted by molar-refractivity contribution is 0.162. The van der Waals surface area contributed by atoms with Crippen LogP contribution in [-0.4, -0.2) is 22.5 Å². The highest BCUT2D eigenvalue weighted by atomic mass is 15.4. The molecule has 1 atom stereocenters. The van der Waals surface area contributed by atoms with Gasteiger partial charge in [0.15, 0.2) is 0 Å². The molecule has 2 nitrogen and oxygen atoms in total. The van der Waals surface area contributed by atoms with E-state index in [2.05, 4.69) is 66.4 Å². The first-order chi connectivity index (χ1) is 13.3. The Morgan fingerprint density at radius 3 is 1.78 bits per heavy atom. The zero-order valence-corrected chi connectivity index (χ0v) is 17.9. The molecule has 0 amide bonds. The van der Waals surface area contributed by atoms with Crippen molar-refractivity contribution >= 4 is 0 Å². The summed E-state index contributed by atoms with van der Waals surface area (Å²) in [5, 5.41) is 0. The van der Waals surface area contributed by atoms with E-state index in [0.29, 0.717) is 6.17 Å². The minimum atomic E-state index is 0.484. The quantitative estimate of drug-likeness (QED) is 0.298. The summed E-state index contributed by atoms with van der Waals surface area (Å²) in [5.41, 5.74) is 1.39. The van der Waals surface area contributed by atoms with E-state index in [9.17, 15) is 0 Å². The lowest BCUT2D eigenvalue weighted by Crippen LogP contribution is -2.36. The predicted molar refractivity (Wildman–Crippen MR) is 118 cm³/mol. The highest BCUT2D eigenvalue weighted by Gasteiger charge is 2.21. The van der Waals surface area contributed by atoms with Gasteiger partial charge >= 0.3 is 0 Å². The molecule has 2 heteroatoms. The van der Waals surface area contributed by atoms with E-state index >= 15 is 0 Å². The van der Waals surface area contributed by atoms with Crippen LogP contribution < -0.4 is 0 Å². The molecular formula is C25H42N2. The standard InChI is InChI=1S/C25H42N2/c1-3-4-5-6-7-8-9-10-11-12-13-17-20-26-21-22-27(24(26)2)23-25-18-15-14-16-19-25/h14-16,18-19,21-22,24H,3-13,17,20,23H2,1-2H3. The fourth-order valence-electron chi connectivity index (χ4n) is 3.99. The van der Waals surface area contributed by atoms with Crippen molar-refractivity contribution in [3.63, 3.8) is 0 Å². The molecule has 0 spiro atoms. The summed E-state index contributed by atoms with van der Waals surface area (Å²) in [6, 6.07) is 10.8. The van der Waals surface area contributed by atoms with Crippen LogP contribution in [0.15, 0.2) is 42.7 Å². The zero-order chi connectivity index (χ0) is 19.2. The van der Waals surface area contributed by atoms with Crippen molar-refractivity contribution in [3.8, 4) is 0 Å². The van der Waals surface area contributed by atoms with Gasteiger partial charge in [-0.1, -0.05) is 108 Å². The highest BCUT2D eigenvalue weighted by Crippen LogP contribution is 2.19. The maximum atomic E-state index is 2.50. The Bertz CT molecular complexity index is 496. The Kier molecular flexibility index (Phi) is 11.1. The minimum Gasteiger partial charge on any atom is -0.356 e. The average Bonchev–Trinajstić information content (AvgIpc) is 3.03. The molecule has 1 aromatic carbocycles. The third-order valence-corrected chi connectivity index (χ3v) is 5.89. The number of hydrogen-bond donors (Lipinski definition) is 0. The highest BCUT2D eigenvalue weighted by molar-refractivity contribution is 5.15. The fourth-order valence-corrected chi connectivity index (χ4v) is 3.99. The van der Waals surface area contributed by atoms with Crippen LogP contribution in [0.2, 0.25) is 0 Å². The smallest absolute Gasteiger partial charge is 0.0981 e.